The fraction of sp³-hybridized carbons (Fsp3) is 0.235. The standard InChI is InChI=1S/C17H15ClO3/c1-20-16-7-6-11(10-14(16)18)17(19)13-8-9-21-15-5-3-2-4-12(13)15/h2-7,10,13H,8-9H2,1H3. The van der Waals surface area contributed by atoms with Gasteiger partial charge in [-0.05, 0) is 30.7 Å². The van der Waals surface area contributed by atoms with Crippen molar-refractivity contribution in [2.45, 2.75) is 12.3 Å². The maximum absolute atomic E-state index is 12.8. The van der Waals surface area contributed by atoms with E-state index in [1.165, 1.54) is 0 Å². The second-order valence-corrected chi connectivity index (χ2v) is 5.35. The molecule has 0 saturated heterocycles. The topological polar surface area (TPSA) is 35.5 Å². The van der Waals surface area contributed by atoms with Crippen molar-refractivity contribution in [1.82, 2.24) is 0 Å². The van der Waals surface area contributed by atoms with Gasteiger partial charge in [0.25, 0.3) is 0 Å². The molecule has 4 heteroatoms. The maximum Gasteiger partial charge on any atom is 0.170 e. The van der Waals surface area contributed by atoms with Crippen molar-refractivity contribution >= 4 is 17.4 Å². The zero-order chi connectivity index (χ0) is 14.8. The number of benzene rings is 2. The quantitative estimate of drug-likeness (QED) is 0.801. The van der Waals surface area contributed by atoms with E-state index < -0.39 is 0 Å². The van der Waals surface area contributed by atoms with Crippen LogP contribution in [0, 0.1) is 0 Å². The molecular weight excluding hydrogens is 288 g/mol. The molecule has 3 nitrogen and oxygen atoms in total. The summed E-state index contributed by atoms with van der Waals surface area (Å²) in [5.41, 5.74) is 1.54. The van der Waals surface area contributed by atoms with Crippen LogP contribution >= 0.6 is 11.6 Å². The smallest absolute Gasteiger partial charge is 0.170 e. The normalized spacial score (nSPS) is 16.8. The van der Waals surface area contributed by atoms with Crippen LogP contribution in [0.15, 0.2) is 42.5 Å². The summed E-state index contributed by atoms with van der Waals surface area (Å²) in [5, 5.41) is 0.448. The van der Waals surface area contributed by atoms with Crippen LogP contribution in [0.2, 0.25) is 5.02 Å². The molecule has 1 heterocycles. The summed E-state index contributed by atoms with van der Waals surface area (Å²) in [7, 11) is 1.55. The minimum atomic E-state index is -0.181. The van der Waals surface area contributed by atoms with Gasteiger partial charge in [-0.3, -0.25) is 4.79 Å². The second kappa shape index (κ2) is 5.78. The Morgan fingerprint density at radius 3 is 2.86 bits per heavy atom. The summed E-state index contributed by atoms with van der Waals surface area (Å²) in [6.07, 6.45) is 0.680. The molecule has 108 valence electrons. The molecule has 1 aliphatic heterocycles. The van der Waals surface area contributed by atoms with E-state index in [0.29, 0.717) is 29.4 Å². The molecule has 0 spiro atoms. The first kappa shape index (κ1) is 14.0. The van der Waals surface area contributed by atoms with Gasteiger partial charge in [0.15, 0.2) is 5.78 Å². The summed E-state index contributed by atoms with van der Waals surface area (Å²) in [6.45, 7) is 0.553. The highest BCUT2D eigenvalue weighted by molar-refractivity contribution is 6.32. The zero-order valence-electron chi connectivity index (χ0n) is 11.6. The van der Waals surface area contributed by atoms with Crippen LogP contribution < -0.4 is 9.47 Å². The van der Waals surface area contributed by atoms with Crippen LogP contribution in [0.5, 0.6) is 11.5 Å². The van der Waals surface area contributed by atoms with E-state index in [-0.39, 0.29) is 11.7 Å². The lowest BCUT2D eigenvalue weighted by Gasteiger charge is -2.25. The number of hydrogen-bond donors (Lipinski definition) is 0. The lowest BCUT2D eigenvalue weighted by atomic mass is 9.86. The van der Waals surface area contributed by atoms with Gasteiger partial charge < -0.3 is 9.47 Å². The number of para-hydroxylation sites is 1. The molecule has 2 aromatic carbocycles. The Hall–Kier alpha value is -2.00. The molecule has 0 amide bonds. The maximum atomic E-state index is 12.8. The summed E-state index contributed by atoms with van der Waals surface area (Å²) >= 11 is 6.11. The van der Waals surface area contributed by atoms with Gasteiger partial charge in [0.2, 0.25) is 0 Å². The number of halogens is 1. The Balaban J connectivity index is 1.95. The van der Waals surface area contributed by atoms with Crippen molar-refractivity contribution < 1.29 is 14.3 Å². The van der Waals surface area contributed by atoms with E-state index in [1.807, 2.05) is 24.3 Å². The van der Waals surface area contributed by atoms with Crippen molar-refractivity contribution in [3.8, 4) is 11.5 Å². The van der Waals surface area contributed by atoms with Gasteiger partial charge in [0.05, 0.1) is 24.7 Å². The van der Waals surface area contributed by atoms with Gasteiger partial charge in [0.1, 0.15) is 11.5 Å². The SMILES string of the molecule is COc1ccc(C(=O)C2CCOc3ccccc32)cc1Cl. The Labute approximate surface area is 128 Å². The molecule has 0 N–H and O–H groups in total. The average Bonchev–Trinajstić information content (AvgIpc) is 2.53. The molecule has 0 aromatic heterocycles. The highest BCUT2D eigenvalue weighted by Gasteiger charge is 2.28. The fourth-order valence-corrected chi connectivity index (χ4v) is 2.89. The molecule has 21 heavy (non-hydrogen) atoms. The Kier molecular flexibility index (Phi) is 3.84. The Morgan fingerprint density at radius 2 is 2.10 bits per heavy atom. The van der Waals surface area contributed by atoms with Crippen LogP contribution in [-0.2, 0) is 0 Å². The third-order valence-electron chi connectivity index (χ3n) is 3.71. The average molecular weight is 303 g/mol. The van der Waals surface area contributed by atoms with Gasteiger partial charge in [-0.2, -0.15) is 0 Å². The van der Waals surface area contributed by atoms with Crippen molar-refractivity contribution in [3.05, 3.63) is 58.6 Å². The number of methoxy groups -OCH3 is 1. The van der Waals surface area contributed by atoms with Crippen LogP contribution in [0.1, 0.15) is 28.3 Å². The largest absolute Gasteiger partial charge is 0.495 e. The van der Waals surface area contributed by atoms with E-state index in [2.05, 4.69) is 0 Å². The first-order chi connectivity index (χ1) is 10.2. The van der Waals surface area contributed by atoms with Gasteiger partial charge in [-0.25, -0.2) is 0 Å². The monoisotopic (exact) mass is 302 g/mol. The number of ketones is 1. The lowest BCUT2D eigenvalue weighted by Crippen LogP contribution is -2.21. The molecule has 2 aromatic rings. The molecule has 1 aliphatic rings. The highest BCUT2D eigenvalue weighted by Crippen LogP contribution is 2.36. The van der Waals surface area contributed by atoms with Crippen LogP contribution in [0.3, 0.4) is 0 Å². The number of ether oxygens (including phenoxy) is 2. The fourth-order valence-electron chi connectivity index (χ4n) is 2.64. The van der Waals surface area contributed by atoms with E-state index in [4.69, 9.17) is 21.1 Å². The van der Waals surface area contributed by atoms with Crippen molar-refractivity contribution in [2.24, 2.45) is 0 Å². The van der Waals surface area contributed by atoms with E-state index >= 15 is 0 Å². The third-order valence-corrected chi connectivity index (χ3v) is 4.01. The molecule has 1 unspecified atom stereocenters. The first-order valence-corrected chi connectivity index (χ1v) is 7.18. The zero-order valence-corrected chi connectivity index (χ0v) is 12.4. The van der Waals surface area contributed by atoms with Gasteiger partial charge in [-0.15, -0.1) is 0 Å². The minimum absolute atomic E-state index is 0.0651. The Bertz CT molecular complexity index is 681. The number of fused-ring (bicyclic) bond motifs is 1. The predicted molar refractivity (Wildman–Crippen MR) is 81.6 cm³/mol. The Morgan fingerprint density at radius 1 is 1.29 bits per heavy atom. The molecule has 0 fully saturated rings. The molecule has 0 aliphatic carbocycles. The van der Waals surface area contributed by atoms with Crippen molar-refractivity contribution in [2.75, 3.05) is 13.7 Å². The first-order valence-electron chi connectivity index (χ1n) is 6.80. The van der Waals surface area contributed by atoms with Crippen molar-refractivity contribution in [1.29, 1.82) is 0 Å². The highest BCUT2D eigenvalue weighted by atomic mass is 35.5. The van der Waals surface area contributed by atoms with Gasteiger partial charge >= 0.3 is 0 Å². The number of hydrogen-bond acceptors (Lipinski definition) is 3. The number of carbonyl (C=O) groups is 1. The molecule has 0 radical (unpaired) electrons. The summed E-state index contributed by atoms with van der Waals surface area (Å²) in [6, 6.07) is 12.8. The lowest BCUT2D eigenvalue weighted by molar-refractivity contribution is 0.0933. The number of Topliss-reactive ketones (excluding diaryl/α,β-unsaturated/α-hetero) is 1. The minimum Gasteiger partial charge on any atom is -0.495 e. The summed E-state index contributed by atoms with van der Waals surface area (Å²) < 4.78 is 10.7. The summed E-state index contributed by atoms with van der Waals surface area (Å²) in [5.74, 6) is 1.25. The molecule has 1 atom stereocenters. The van der Waals surface area contributed by atoms with E-state index in [0.717, 1.165) is 11.3 Å². The summed E-state index contributed by atoms with van der Waals surface area (Å²) in [4.78, 5) is 12.8. The molecule has 0 bridgehead atoms. The van der Waals surface area contributed by atoms with Crippen LogP contribution in [-0.4, -0.2) is 19.5 Å². The number of carbonyl (C=O) groups excluding carboxylic acids is 1. The van der Waals surface area contributed by atoms with Crippen LogP contribution in [0.25, 0.3) is 0 Å². The van der Waals surface area contributed by atoms with Gasteiger partial charge in [0, 0.05) is 11.1 Å². The van der Waals surface area contributed by atoms with Crippen molar-refractivity contribution in [3.63, 3.8) is 0 Å². The molecular formula is C17H15ClO3. The molecule has 3 rings (SSSR count). The van der Waals surface area contributed by atoms with Gasteiger partial charge in [-0.1, -0.05) is 29.8 Å². The van der Waals surface area contributed by atoms with E-state index in [9.17, 15) is 4.79 Å². The van der Waals surface area contributed by atoms with Crippen LogP contribution in [0.4, 0.5) is 0 Å². The number of rotatable bonds is 3. The second-order valence-electron chi connectivity index (χ2n) is 4.94. The van der Waals surface area contributed by atoms with E-state index in [1.54, 1.807) is 25.3 Å². The third kappa shape index (κ3) is 2.61. The predicted octanol–water partition coefficient (Wildman–Crippen LogP) is 4.10. The molecule has 0 saturated carbocycles.